The molecule has 0 aromatic heterocycles. The number of rotatable bonds is 9. The molecule has 2 heteroatoms. The van der Waals surface area contributed by atoms with Gasteiger partial charge in [0.1, 0.15) is 0 Å². The van der Waals surface area contributed by atoms with Crippen LogP contribution in [0.15, 0.2) is 12.7 Å². The third-order valence-electron chi connectivity index (χ3n) is 2.13. The normalized spacial score (nSPS) is 10.7. The molecule has 0 aliphatic carbocycles. The van der Waals surface area contributed by atoms with Crippen LogP contribution in [-0.4, -0.2) is 36.2 Å². The van der Waals surface area contributed by atoms with Crippen LogP contribution in [-0.2, 0) is 0 Å². The van der Waals surface area contributed by atoms with Crippen LogP contribution in [0.5, 0.6) is 0 Å². The maximum absolute atomic E-state index is 8.83. The van der Waals surface area contributed by atoms with E-state index in [2.05, 4.69) is 18.4 Å². The van der Waals surface area contributed by atoms with Crippen molar-refractivity contribution in [3.8, 4) is 0 Å². The molecule has 0 bridgehead atoms. The Bertz CT molecular complexity index is 115. The molecule has 0 fully saturated rings. The van der Waals surface area contributed by atoms with Gasteiger partial charge < -0.3 is 10.0 Å². The first-order valence-electron chi connectivity index (χ1n) is 5.29. The van der Waals surface area contributed by atoms with Crippen molar-refractivity contribution in [1.29, 1.82) is 0 Å². The lowest BCUT2D eigenvalue weighted by Gasteiger charge is -2.20. The van der Waals surface area contributed by atoms with Crippen molar-refractivity contribution in [2.24, 2.45) is 0 Å². The maximum Gasteiger partial charge on any atom is 0.0558 e. The van der Waals surface area contributed by atoms with Gasteiger partial charge in [-0.2, -0.15) is 0 Å². The van der Waals surface area contributed by atoms with Gasteiger partial charge in [-0.25, -0.2) is 0 Å². The zero-order valence-electron chi connectivity index (χ0n) is 8.84. The van der Waals surface area contributed by atoms with Gasteiger partial charge >= 0.3 is 0 Å². The number of aliphatic hydroxyl groups excluding tert-OH is 1. The molecule has 0 aliphatic heterocycles. The van der Waals surface area contributed by atoms with Gasteiger partial charge in [0.05, 0.1) is 6.61 Å². The largest absolute Gasteiger partial charge is 0.395 e. The van der Waals surface area contributed by atoms with Crippen LogP contribution in [0.25, 0.3) is 0 Å². The summed E-state index contributed by atoms with van der Waals surface area (Å²) in [5.41, 5.74) is 0. The molecule has 0 saturated carbocycles. The Morgan fingerprint density at radius 3 is 2.46 bits per heavy atom. The average molecular weight is 185 g/mol. The first-order valence-corrected chi connectivity index (χ1v) is 5.29. The second kappa shape index (κ2) is 9.75. The van der Waals surface area contributed by atoms with E-state index in [9.17, 15) is 0 Å². The Morgan fingerprint density at radius 2 is 1.92 bits per heavy atom. The van der Waals surface area contributed by atoms with E-state index in [-0.39, 0.29) is 6.61 Å². The summed E-state index contributed by atoms with van der Waals surface area (Å²) in [7, 11) is 0. The Morgan fingerprint density at radius 1 is 1.23 bits per heavy atom. The molecule has 0 heterocycles. The zero-order valence-corrected chi connectivity index (χ0v) is 8.84. The number of aliphatic hydroxyl groups is 1. The van der Waals surface area contributed by atoms with Gasteiger partial charge in [0.25, 0.3) is 0 Å². The topological polar surface area (TPSA) is 23.5 Å². The highest BCUT2D eigenvalue weighted by molar-refractivity contribution is 4.67. The molecular formula is C11H23NO. The van der Waals surface area contributed by atoms with E-state index in [1.54, 1.807) is 0 Å². The molecule has 0 aromatic rings. The Hall–Kier alpha value is -0.340. The molecule has 78 valence electrons. The minimum atomic E-state index is 0.276. The number of hydrogen-bond acceptors (Lipinski definition) is 2. The lowest BCUT2D eigenvalue weighted by molar-refractivity contribution is 0.193. The minimum absolute atomic E-state index is 0.276. The van der Waals surface area contributed by atoms with Crippen molar-refractivity contribution in [2.75, 3.05) is 26.2 Å². The molecule has 0 spiro atoms. The van der Waals surface area contributed by atoms with E-state index in [1.807, 2.05) is 6.08 Å². The van der Waals surface area contributed by atoms with Crippen molar-refractivity contribution in [3.63, 3.8) is 0 Å². The molecule has 1 N–H and O–H groups in total. The summed E-state index contributed by atoms with van der Waals surface area (Å²) in [6.45, 7) is 9.19. The van der Waals surface area contributed by atoms with Gasteiger partial charge in [-0.05, 0) is 32.4 Å². The fourth-order valence-electron chi connectivity index (χ4n) is 1.32. The third-order valence-corrected chi connectivity index (χ3v) is 2.13. The standard InChI is InChI=1S/C11H23NO/c1-3-5-7-9-12(10-11-13)8-6-4-2/h3,13H,1,4-11H2,2H3. The number of allylic oxidation sites excluding steroid dienone is 1. The first kappa shape index (κ1) is 12.7. The lowest BCUT2D eigenvalue weighted by Crippen LogP contribution is -2.29. The SMILES string of the molecule is C=CCCCN(CCO)CCCC. The predicted molar refractivity (Wildman–Crippen MR) is 57.9 cm³/mol. The van der Waals surface area contributed by atoms with Crippen LogP contribution >= 0.6 is 0 Å². The van der Waals surface area contributed by atoms with Crippen molar-refractivity contribution in [2.45, 2.75) is 32.6 Å². The summed E-state index contributed by atoms with van der Waals surface area (Å²) < 4.78 is 0. The number of unbranched alkanes of at least 4 members (excludes halogenated alkanes) is 2. The molecule has 0 radical (unpaired) electrons. The van der Waals surface area contributed by atoms with Crippen LogP contribution < -0.4 is 0 Å². The van der Waals surface area contributed by atoms with Gasteiger partial charge in [-0.3, -0.25) is 0 Å². The second-order valence-electron chi connectivity index (χ2n) is 3.35. The summed E-state index contributed by atoms with van der Waals surface area (Å²) in [5.74, 6) is 0. The molecule has 0 unspecified atom stereocenters. The fourth-order valence-corrected chi connectivity index (χ4v) is 1.32. The van der Waals surface area contributed by atoms with E-state index in [0.29, 0.717) is 0 Å². The maximum atomic E-state index is 8.83. The Kier molecular flexibility index (Phi) is 9.49. The van der Waals surface area contributed by atoms with Crippen LogP contribution in [0.4, 0.5) is 0 Å². The van der Waals surface area contributed by atoms with Gasteiger partial charge in [-0.15, -0.1) is 6.58 Å². The highest BCUT2D eigenvalue weighted by Gasteiger charge is 2.01. The average Bonchev–Trinajstić information content (AvgIpc) is 2.14. The van der Waals surface area contributed by atoms with E-state index in [4.69, 9.17) is 5.11 Å². The first-order chi connectivity index (χ1) is 6.35. The van der Waals surface area contributed by atoms with Crippen LogP contribution in [0.3, 0.4) is 0 Å². The summed E-state index contributed by atoms with van der Waals surface area (Å²) in [6, 6.07) is 0. The highest BCUT2D eigenvalue weighted by atomic mass is 16.3. The molecule has 2 nitrogen and oxygen atoms in total. The van der Waals surface area contributed by atoms with Gasteiger partial charge in [0, 0.05) is 6.54 Å². The van der Waals surface area contributed by atoms with E-state index >= 15 is 0 Å². The smallest absolute Gasteiger partial charge is 0.0558 e. The van der Waals surface area contributed by atoms with Gasteiger partial charge in [0.2, 0.25) is 0 Å². The van der Waals surface area contributed by atoms with Crippen molar-refractivity contribution in [1.82, 2.24) is 4.90 Å². The monoisotopic (exact) mass is 185 g/mol. The summed E-state index contributed by atoms with van der Waals surface area (Å²) in [5, 5.41) is 8.83. The van der Waals surface area contributed by atoms with Crippen molar-refractivity contribution in [3.05, 3.63) is 12.7 Å². The highest BCUT2D eigenvalue weighted by Crippen LogP contribution is 1.98. The molecule has 0 aromatic carbocycles. The summed E-state index contributed by atoms with van der Waals surface area (Å²) in [6.07, 6.45) is 6.65. The molecule has 0 rings (SSSR count). The molecular weight excluding hydrogens is 162 g/mol. The van der Waals surface area contributed by atoms with E-state index < -0.39 is 0 Å². The molecule has 0 aliphatic rings. The Labute approximate surface area is 82.3 Å². The lowest BCUT2D eigenvalue weighted by atomic mass is 10.2. The van der Waals surface area contributed by atoms with Gasteiger partial charge in [-0.1, -0.05) is 19.4 Å². The predicted octanol–water partition coefficient (Wildman–Crippen LogP) is 2.05. The summed E-state index contributed by atoms with van der Waals surface area (Å²) >= 11 is 0. The summed E-state index contributed by atoms with van der Waals surface area (Å²) in [4.78, 5) is 2.33. The quantitative estimate of drug-likeness (QED) is 0.439. The van der Waals surface area contributed by atoms with E-state index in [1.165, 1.54) is 12.8 Å². The van der Waals surface area contributed by atoms with Crippen LogP contribution in [0.2, 0.25) is 0 Å². The molecule has 0 saturated heterocycles. The zero-order chi connectivity index (χ0) is 9.94. The van der Waals surface area contributed by atoms with Crippen LogP contribution in [0, 0.1) is 0 Å². The Balaban J connectivity index is 3.46. The second-order valence-corrected chi connectivity index (χ2v) is 3.35. The third kappa shape index (κ3) is 8.00. The van der Waals surface area contributed by atoms with Crippen molar-refractivity contribution < 1.29 is 5.11 Å². The number of hydrogen-bond donors (Lipinski definition) is 1. The van der Waals surface area contributed by atoms with E-state index in [0.717, 1.165) is 32.5 Å². The molecule has 13 heavy (non-hydrogen) atoms. The fraction of sp³-hybridized carbons (Fsp3) is 0.818. The van der Waals surface area contributed by atoms with Gasteiger partial charge in [0.15, 0.2) is 0 Å². The molecule has 0 atom stereocenters. The minimum Gasteiger partial charge on any atom is -0.395 e. The van der Waals surface area contributed by atoms with Crippen molar-refractivity contribution >= 4 is 0 Å². The molecule has 0 amide bonds. The van der Waals surface area contributed by atoms with Crippen LogP contribution in [0.1, 0.15) is 32.6 Å². The number of nitrogens with zero attached hydrogens (tertiary/aromatic N) is 1.